The van der Waals surface area contributed by atoms with Crippen LogP contribution in [-0.4, -0.2) is 29.9 Å². The van der Waals surface area contributed by atoms with Gasteiger partial charge < -0.3 is 4.90 Å². The van der Waals surface area contributed by atoms with Crippen molar-refractivity contribution in [2.45, 2.75) is 12.8 Å². The first-order chi connectivity index (χ1) is 5.36. The Morgan fingerprint density at radius 2 is 2.09 bits per heavy atom. The van der Waals surface area contributed by atoms with Gasteiger partial charge in [-0.3, -0.25) is 0 Å². The molecule has 0 N–H and O–H groups in total. The molecule has 0 saturated carbocycles. The maximum Gasteiger partial charge on any atom is 0.0656 e. The van der Waals surface area contributed by atoms with Gasteiger partial charge in [-0.15, -0.1) is 0 Å². The van der Waals surface area contributed by atoms with Crippen molar-refractivity contribution in [3.63, 3.8) is 0 Å². The molecule has 0 atom stereocenters. The van der Waals surface area contributed by atoms with Gasteiger partial charge in [0.2, 0.25) is 0 Å². The van der Waals surface area contributed by atoms with Crippen LogP contribution in [0.25, 0.3) is 0 Å². The van der Waals surface area contributed by atoms with E-state index < -0.39 is 0 Å². The average Bonchev–Trinajstić information content (AvgIpc) is 2.07. The summed E-state index contributed by atoms with van der Waals surface area (Å²) in [5, 5.41) is 9.68. The molecular formula is C8H13BrN2. The summed E-state index contributed by atoms with van der Waals surface area (Å²) in [6.07, 6.45) is 2.12. The van der Waals surface area contributed by atoms with E-state index in [0.717, 1.165) is 37.8 Å². The van der Waals surface area contributed by atoms with Crippen molar-refractivity contribution in [3.8, 4) is 6.07 Å². The van der Waals surface area contributed by atoms with Crippen molar-refractivity contribution in [3.05, 3.63) is 0 Å². The van der Waals surface area contributed by atoms with Gasteiger partial charge in [-0.25, -0.2) is 0 Å². The quantitative estimate of drug-likeness (QED) is 0.657. The molecule has 11 heavy (non-hydrogen) atoms. The molecule has 1 heterocycles. The predicted molar refractivity (Wildman–Crippen MR) is 48.6 cm³/mol. The molecule has 0 aliphatic carbocycles. The molecule has 1 aliphatic rings. The molecule has 0 aromatic rings. The second-order valence-electron chi connectivity index (χ2n) is 2.93. The number of piperidine rings is 1. The van der Waals surface area contributed by atoms with Crippen LogP contribution in [0.3, 0.4) is 0 Å². The van der Waals surface area contributed by atoms with Crippen LogP contribution >= 0.6 is 15.9 Å². The van der Waals surface area contributed by atoms with E-state index in [1.807, 2.05) is 0 Å². The van der Waals surface area contributed by atoms with E-state index in [1.165, 1.54) is 0 Å². The van der Waals surface area contributed by atoms with Gasteiger partial charge in [0.05, 0.1) is 6.07 Å². The van der Waals surface area contributed by atoms with Crippen molar-refractivity contribution in [2.75, 3.05) is 25.0 Å². The van der Waals surface area contributed by atoms with Gasteiger partial charge in [0.1, 0.15) is 0 Å². The molecule has 0 unspecified atom stereocenters. The Kier molecular flexibility index (Phi) is 3.88. The summed E-state index contributed by atoms with van der Waals surface area (Å²) in [5.74, 6) is 0.321. The van der Waals surface area contributed by atoms with Crippen LogP contribution in [0.15, 0.2) is 0 Å². The summed E-state index contributed by atoms with van der Waals surface area (Å²) < 4.78 is 0. The van der Waals surface area contributed by atoms with Crippen molar-refractivity contribution in [1.82, 2.24) is 4.90 Å². The summed E-state index contributed by atoms with van der Waals surface area (Å²) in [6, 6.07) is 2.33. The van der Waals surface area contributed by atoms with Crippen LogP contribution in [-0.2, 0) is 0 Å². The van der Waals surface area contributed by atoms with Crippen LogP contribution in [0.5, 0.6) is 0 Å². The van der Waals surface area contributed by atoms with E-state index in [1.54, 1.807) is 0 Å². The Balaban J connectivity index is 2.20. The zero-order valence-corrected chi connectivity index (χ0v) is 8.18. The van der Waals surface area contributed by atoms with Crippen LogP contribution in [0.2, 0.25) is 0 Å². The number of nitriles is 1. The van der Waals surface area contributed by atoms with Crippen LogP contribution in [0, 0.1) is 17.2 Å². The lowest BCUT2D eigenvalue weighted by atomic mass is 9.99. The molecule has 1 fully saturated rings. The number of nitrogens with zero attached hydrogens (tertiary/aromatic N) is 2. The number of hydrogen-bond acceptors (Lipinski definition) is 2. The first-order valence-corrected chi connectivity index (χ1v) is 5.17. The highest BCUT2D eigenvalue weighted by Gasteiger charge is 2.17. The van der Waals surface area contributed by atoms with Gasteiger partial charge in [-0.2, -0.15) is 5.26 Å². The number of alkyl halides is 1. The lowest BCUT2D eigenvalue weighted by molar-refractivity contribution is 0.217. The SMILES string of the molecule is N#CC1CCN(CCBr)CC1. The Hall–Kier alpha value is -0.0700. The predicted octanol–water partition coefficient (Wildman–Crippen LogP) is 1.62. The summed E-state index contributed by atoms with van der Waals surface area (Å²) >= 11 is 3.41. The topological polar surface area (TPSA) is 27.0 Å². The maximum atomic E-state index is 8.63. The van der Waals surface area contributed by atoms with Crippen molar-refractivity contribution in [1.29, 1.82) is 5.26 Å². The van der Waals surface area contributed by atoms with E-state index in [2.05, 4.69) is 26.9 Å². The first-order valence-electron chi connectivity index (χ1n) is 4.04. The van der Waals surface area contributed by atoms with Gasteiger partial charge in [0.15, 0.2) is 0 Å². The third-order valence-corrected chi connectivity index (χ3v) is 2.53. The average molecular weight is 217 g/mol. The molecule has 0 aromatic carbocycles. The van der Waals surface area contributed by atoms with E-state index in [-0.39, 0.29) is 0 Å². The second kappa shape index (κ2) is 4.74. The molecule has 0 aromatic heterocycles. The highest BCUT2D eigenvalue weighted by molar-refractivity contribution is 9.09. The van der Waals surface area contributed by atoms with Crippen molar-refractivity contribution >= 4 is 15.9 Å². The summed E-state index contributed by atoms with van der Waals surface area (Å²) in [7, 11) is 0. The van der Waals surface area contributed by atoms with Crippen molar-refractivity contribution < 1.29 is 0 Å². The lowest BCUT2D eigenvalue weighted by Gasteiger charge is -2.28. The minimum atomic E-state index is 0.321. The largest absolute Gasteiger partial charge is 0.302 e. The lowest BCUT2D eigenvalue weighted by Crippen LogP contribution is -2.34. The second-order valence-corrected chi connectivity index (χ2v) is 3.73. The van der Waals surface area contributed by atoms with Gasteiger partial charge in [0.25, 0.3) is 0 Å². The van der Waals surface area contributed by atoms with Gasteiger partial charge in [-0.05, 0) is 25.9 Å². The summed E-state index contributed by atoms with van der Waals surface area (Å²) in [5.41, 5.74) is 0. The molecule has 2 nitrogen and oxygen atoms in total. The fraction of sp³-hybridized carbons (Fsp3) is 0.875. The molecule has 1 aliphatic heterocycles. The number of rotatable bonds is 2. The van der Waals surface area contributed by atoms with E-state index in [9.17, 15) is 0 Å². The Labute approximate surface area is 76.3 Å². The van der Waals surface area contributed by atoms with Crippen molar-refractivity contribution in [2.24, 2.45) is 5.92 Å². The molecule has 0 spiro atoms. The number of hydrogen-bond donors (Lipinski definition) is 0. The molecular weight excluding hydrogens is 204 g/mol. The minimum absolute atomic E-state index is 0.321. The Bertz CT molecular complexity index is 145. The third-order valence-electron chi connectivity index (χ3n) is 2.17. The minimum Gasteiger partial charge on any atom is -0.302 e. The smallest absolute Gasteiger partial charge is 0.0656 e. The van der Waals surface area contributed by atoms with Crippen LogP contribution in [0.1, 0.15) is 12.8 Å². The molecule has 1 saturated heterocycles. The third kappa shape index (κ3) is 2.80. The normalized spacial score (nSPS) is 21.5. The zero-order chi connectivity index (χ0) is 8.10. The highest BCUT2D eigenvalue weighted by atomic mass is 79.9. The molecule has 1 rings (SSSR count). The van der Waals surface area contributed by atoms with E-state index in [4.69, 9.17) is 5.26 Å². The van der Waals surface area contributed by atoms with E-state index in [0.29, 0.717) is 5.92 Å². The molecule has 0 amide bonds. The van der Waals surface area contributed by atoms with Gasteiger partial charge in [-0.1, -0.05) is 15.9 Å². The van der Waals surface area contributed by atoms with E-state index >= 15 is 0 Å². The molecule has 3 heteroatoms. The molecule has 0 bridgehead atoms. The van der Waals surface area contributed by atoms with Crippen LogP contribution in [0.4, 0.5) is 0 Å². The maximum absolute atomic E-state index is 8.63. The van der Waals surface area contributed by atoms with Gasteiger partial charge in [0, 0.05) is 17.8 Å². The van der Waals surface area contributed by atoms with Gasteiger partial charge >= 0.3 is 0 Å². The summed E-state index contributed by atoms with van der Waals surface area (Å²) in [4.78, 5) is 2.41. The standard InChI is InChI=1S/C8H13BrN2/c9-3-6-11-4-1-8(7-10)2-5-11/h8H,1-6H2. The Morgan fingerprint density at radius 1 is 1.45 bits per heavy atom. The number of likely N-dealkylation sites (tertiary alicyclic amines) is 1. The van der Waals surface area contributed by atoms with Crippen LogP contribution < -0.4 is 0 Å². The zero-order valence-electron chi connectivity index (χ0n) is 6.59. The summed E-state index contributed by atoms with van der Waals surface area (Å²) in [6.45, 7) is 3.33. The monoisotopic (exact) mass is 216 g/mol. The first kappa shape index (κ1) is 9.02. The fourth-order valence-electron chi connectivity index (χ4n) is 1.41. The molecule has 0 radical (unpaired) electrons. The Morgan fingerprint density at radius 3 is 2.55 bits per heavy atom. The fourth-order valence-corrected chi connectivity index (χ4v) is 1.91. The number of halogens is 1. The molecule has 62 valence electrons. The highest BCUT2D eigenvalue weighted by Crippen LogP contribution is 2.15.